The molecule has 7 nitrogen and oxygen atoms in total. The van der Waals surface area contributed by atoms with Crippen LogP contribution in [0.4, 0.5) is 11.6 Å². The lowest BCUT2D eigenvalue weighted by molar-refractivity contribution is -0.130. The van der Waals surface area contributed by atoms with E-state index in [-0.39, 0.29) is 24.9 Å². The number of hydrogen-bond acceptors (Lipinski definition) is 6. The van der Waals surface area contributed by atoms with Crippen LogP contribution in [0.2, 0.25) is 0 Å². The van der Waals surface area contributed by atoms with Gasteiger partial charge in [-0.05, 0) is 12.8 Å². The largest absolute Gasteiger partial charge is 0.373 e. The van der Waals surface area contributed by atoms with Crippen LogP contribution in [0.15, 0.2) is 6.07 Å². The zero-order valence-corrected chi connectivity index (χ0v) is 10.6. The molecule has 2 fully saturated rings. The van der Waals surface area contributed by atoms with Gasteiger partial charge in [0.2, 0.25) is 11.8 Å². The molecule has 100 valence electrons. The van der Waals surface area contributed by atoms with E-state index < -0.39 is 0 Å². The number of nitrogens with one attached hydrogen (secondary N) is 2. The Bertz CT molecular complexity index is 525. The summed E-state index contributed by atoms with van der Waals surface area (Å²) in [6, 6.07) is 1.76. The van der Waals surface area contributed by atoms with Crippen LogP contribution in [-0.2, 0) is 9.59 Å². The monoisotopic (exact) mass is 261 g/mol. The molecule has 2 aliphatic rings. The third-order valence-corrected chi connectivity index (χ3v) is 3.20. The highest BCUT2D eigenvalue weighted by atomic mass is 16.2. The van der Waals surface area contributed by atoms with E-state index in [0.717, 1.165) is 18.7 Å². The highest BCUT2D eigenvalue weighted by molar-refractivity contribution is 6.02. The number of nitrogens with zero attached hydrogens (tertiary/aromatic N) is 3. The summed E-state index contributed by atoms with van der Waals surface area (Å²) in [7, 11) is 1.79. The van der Waals surface area contributed by atoms with Crippen LogP contribution in [0.3, 0.4) is 0 Å². The Kier molecular flexibility index (Phi) is 2.81. The van der Waals surface area contributed by atoms with Crippen molar-refractivity contribution in [1.82, 2.24) is 15.3 Å². The van der Waals surface area contributed by atoms with Gasteiger partial charge in [0, 0.05) is 19.0 Å². The number of carbonyl (C=O) groups excluding carboxylic acids is 2. The number of anilines is 2. The molecule has 0 bridgehead atoms. The quantitative estimate of drug-likeness (QED) is 0.736. The number of piperazine rings is 1. The third-order valence-electron chi connectivity index (χ3n) is 3.20. The summed E-state index contributed by atoms with van der Waals surface area (Å²) >= 11 is 0. The van der Waals surface area contributed by atoms with Gasteiger partial charge in [0.05, 0.1) is 13.1 Å². The molecule has 1 saturated heterocycles. The first-order valence-electron chi connectivity index (χ1n) is 6.30. The van der Waals surface area contributed by atoms with E-state index >= 15 is 0 Å². The molecule has 7 heteroatoms. The van der Waals surface area contributed by atoms with E-state index in [0.29, 0.717) is 17.6 Å². The lowest BCUT2D eigenvalue weighted by Crippen LogP contribution is -2.51. The SMILES string of the molecule is CNc1cc(N2CC(=O)NC(=O)C2)nc(C2CC2)n1. The Morgan fingerprint density at radius 1 is 1.26 bits per heavy atom. The average molecular weight is 261 g/mol. The van der Waals surface area contributed by atoms with Crippen molar-refractivity contribution in [3.63, 3.8) is 0 Å². The van der Waals surface area contributed by atoms with Gasteiger partial charge in [-0.25, -0.2) is 9.97 Å². The number of rotatable bonds is 3. The van der Waals surface area contributed by atoms with E-state index in [1.165, 1.54) is 0 Å². The molecule has 19 heavy (non-hydrogen) atoms. The minimum Gasteiger partial charge on any atom is -0.373 e. The molecule has 0 aromatic carbocycles. The van der Waals surface area contributed by atoms with Gasteiger partial charge in [-0.15, -0.1) is 0 Å². The Hall–Kier alpha value is -2.18. The molecular weight excluding hydrogens is 246 g/mol. The van der Waals surface area contributed by atoms with Gasteiger partial charge < -0.3 is 10.2 Å². The number of imide groups is 1. The Morgan fingerprint density at radius 3 is 2.53 bits per heavy atom. The first-order chi connectivity index (χ1) is 9.15. The molecule has 1 aromatic heterocycles. The van der Waals surface area contributed by atoms with Crippen LogP contribution in [0, 0.1) is 0 Å². The standard InChI is InChI=1S/C12H15N5O2/c1-13-8-4-9(15-12(14-8)7-2-3-7)17-5-10(18)16-11(19)6-17/h4,7H,2-3,5-6H2,1H3,(H,13,14,15)(H,16,18,19). The summed E-state index contributed by atoms with van der Waals surface area (Å²) in [4.78, 5) is 33.4. The zero-order valence-electron chi connectivity index (χ0n) is 10.6. The minimum atomic E-state index is -0.297. The van der Waals surface area contributed by atoms with E-state index in [2.05, 4.69) is 20.6 Å². The van der Waals surface area contributed by atoms with Crippen LogP contribution in [0.25, 0.3) is 0 Å². The summed E-state index contributed by atoms with van der Waals surface area (Å²) in [6.45, 7) is 0.298. The molecule has 1 aliphatic carbocycles. The molecule has 0 radical (unpaired) electrons. The normalized spacial score (nSPS) is 19.3. The lowest BCUT2D eigenvalue weighted by Gasteiger charge is -2.26. The Morgan fingerprint density at radius 2 is 1.95 bits per heavy atom. The Balaban J connectivity index is 1.92. The predicted molar refractivity (Wildman–Crippen MR) is 68.9 cm³/mol. The smallest absolute Gasteiger partial charge is 0.246 e. The van der Waals surface area contributed by atoms with Crippen LogP contribution in [0.5, 0.6) is 0 Å². The van der Waals surface area contributed by atoms with Crippen LogP contribution >= 0.6 is 0 Å². The average Bonchev–Trinajstić information content (AvgIpc) is 3.21. The molecule has 0 spiro atoms. The summed E-state index contributed by atoms with van der Waals surface area (Å²) in [5.41, 5.74) is 0. The van der Waals surface area contributed by atoms with Gasteiger partial charge in [-0.2, -0.15) is 0 Å². The van der Waals surface area contributed by atoms with Gasteiger partial charge >= 0.3 is 0 Å². The zero-order chi connectivity index (χ0) is 13.4. The predicted octanol–water partition coefficient (Wildman–Crippen LogP) is -0.142. The highest BCUT2D eigenvalue weighted by Gasteiger charge is 2.29. The summed E-state index contributed by atoms with van der Waals surface area (Å²) in [5, 5.41) is 5.27. The molecule has 1 aliphatic heterocycles. The maximum atomic E-state index is 11.4. The van der Waals surface area contributed by atoms with Crippen LogP contribution < -0.4 is 15.5 Å². The van der Waals surface area contributed by atoms with Gasteiger partial charge in [-0.1, -0.05) is 0 Å². The van der Waals surface area contributed by atoms with Crippen molar-refractivity contribution in [3.05, 3.63) is 11.9 Å². The fraction of sp³-hybridized carbons (Fsp3) is 0.500. The highest BCUT2D eigenvalue weighted by Crippen LogP contribution is 2.39. The lowest BCUT2D eigenvalue weighted by atomic mass is 10.3. The number of aromatic nitrogens is 2. The fourth-order valence-corrected chi connectivity index (χ4v) is 2.07. The topological polar surface area (TPSA) is 87.2 Å². The van der Waals surface area contributed by atoms with E-state index in [9.17, 15) is 9.59 Å². The molecule has 1 saturated carbocycles. The van der Waals surface area contributed by atoms with Gasteiger partial charge in [0.1, 0.15) is 17.5 Å². The number of hydrogen-bond donors (Lipinski definition) is 2. The number of amides is 2. The maximum Gasteiger partial charge on any atom is 0.246 e. The van der Waals surface area contributed by atoms with Gasteiger partial charge in [0.25, 0.3) is 0 Å². The van der Waals surface area contributed by atoms with Crippen molar-refractivity contribution < 1.29 is 9.59 Å². The molecule has 2 N–H and O–H groups in total. The Labute approximate surface area is 110 Å². The van der Waals surface area contributed by atoms with Crippen molar-refractivity contribution >= 4 is 23.5 Å². The fourth-order valence-electron chi connectivity index (χ4n) is 2.07. The van der Waals surface area contributed by atoms with Crippen molar-refractivity contribution in [1.29, 1.82) is 0 Å². The van der Waals surface area contributed by atoms with E-state index in [1.807, 2.05) is 0 Å². The second-order valence-electron chi connectivity index (χ2n) is 4.82. The first-order valence-corrected chi connectivity index (χ1v) is 6.30. The van der Waals surface area contributed by atoms with E-state index in [4.69, 9.17) is 0 Å². The molecule has 0 unspecified atom stereocenters. The van der Waals surface area contributed by atoms with Crippen molar-refractivity contribution in [2.75, 3.05) is 30.4 Å². The second kappa shape index (κ2) is 4.49. The van der Waals surface area contributed by atoms with Crippen molar-refractivity contribution in [2.24, 2.45) is 0 Å². The molecule has 1 aromatic rings. The molecule has 3 rings (SSSR count). The molecule has 0 atom stereocenters. The first kappa shape index (κ1) is 11.9. The van der Waals surface area contributed by atoms with Crippen molar-refractivity contribution in [3.8, 4) is 0 Å². The minimum absolute atomic E-state index is 0.149. The maximum absolute atomic E-state index is 11.4. The van der Waals surface area contributed by atoms with E-state index in [1.54, 1.807) is 18.0 Å². The summed E-state index contributed by atoms with van der Waals surface area (Å²) in [6.07, 6.45) is 2.21. The van der Waals surface area contributed by atoms with Crippen LogP contribution in [-0.4, -0.2) is 41.9 Å². The van der Waals surface area contributed by atoms with Crippen molar-refractivity contribution in [2.45, 2.75) is 18.8 Å². The second-order valence-corrected chi connectivity index (χ2v) is 4.82. The van der Waals surface area contributed by atoms with Gasteiger partial charge in [-0.3, -0.25) is 14.9 Å². The number of carbonyl (C=O) groups is 2. The summed E-state index contributed by atoms with van der Waals surface area (Å²) < 4.78 is 0. The summed E-state index contributed by atoms with van der Waals surface area (Å²) in [5.74, 6) is 1.96. The van der Waals surface area contributed by atoms with Gasteiger partial charge in [0.15, 0.2) is 0 Å². The third kappa shape index (κ3) is 2.49. The molecular formula is C12H15N5O2. The van der Waals surface area contributed by atoms with Crippen LogP contribution in [0.1, 0.15) is 24.6 Å². The molecule has 2 heterocycles. The molecule has 2 amide bonds.